The summed E-state index contributed by atoms with van der Waals surface area (Å²) in [5, 5.41) is 6.97. The highest BCUT2D eigenvalue weighted by molar-refractivity contribution is 7.68. The summed E-state index contributed by atoms with van der Waals surface area (Å²) in [6.45, 7) is 10.8. The van der Waals surface area contributed by atoms with E-state index in [1.807, 2.05) is 43.5 Å². The fourth-order valence-electron chi connectivity index (χ4n) is 4.81. The molecule has 3 aromatic carbocycles. The minimum atomic E-state index is -3.24. The van der Waals surface area contributed by atoms with Crippen LogP contribution in [0.1, 0.15) is 37.5 Å². The lowest BCUT2D eigenvalue weighted by atomic mass is 9.88. The molecule has 196 valence electrons. The molecule has 0 spiro atoms. The smallest absolute Gasteiger partial charge is 0.323 e. The standard InChI is InChI=1S/C32H34NO3PS/c1-21-7-14-30(22(2)15-21)37(34,35-6)33-27-18-31(38-20-27)25-11-9-24(10-12-25)29-17-26-16-23(19-32(3,4)5)8-13-28(26)36-29/h7-18,20H,19H2,1-6H3,(H,33,34). The van der Waals surface area contributed by atoms with E-state index >= 15 is 0 Å². The molecule has 0 amide bonds. The second-order valence-corrected chi connectivity index (χ2v) is 14.2. The molecule has 1 atom stereocenters. The van der Waals surface area contributed by atoms with E-state index in [9.17, 15) is 4.57 Å². The predicted octanol–water partition coefficient (Wildman–Crippen LogP) is 9.61. The summed E-state index contributed by atoms with van der Waals surface area (Å²) in [7, 11) is -1.76. The number of rotatable bonds is 7. The third kappa shape index (κ3) is 5.66. The van der Waals surface area contributed by atoms with Crippen molar-refractivity contribution in [3.8, 4) is 21.8 Å². The highest BCUT2D eigenvalue weighted by Crippen LogP contribution is 2.47. The molecule has 5 aromatic rings. The van der Waals surface area contributed by atoms with E-state index in [0.29, 0.717) is 5.30 Å². The van der Waals surface area contributed by atoms with Crippen molar-refractivity contribution >= 4 is 40.8 Å². The molecule has 5 rings (SSSR count). The van der Waals surface area contributed by atoms with Crippen molar-refractivity contribution in [2.75, 3.05) is 12.2 Å². The monoisotopic (exact) mass is 543 g/mol. The van der Waals surface area contributed by atoms with Gasteiger partial charge in [0.2, 0.25) is 0 Å². The molecule has 1 unspecified atom stereocenters. The number of nitrogens with one attached hydrogen (secondary N) is 1. The molecule has 0 fully saturated rings. The third-order valence-electron chi connectivity index (χ3n) is 6.57. The molecule has 2 aromatic heterocycles. The molecule has 0 saturated carbocycles. The van der Waals surface area contributed by atoms with Crippen molar-refractivity contribution in [2.24, 2.45) is 5.41 Å². The van der Waals surface area contributed by atoms with Gasteiger partial charge in [-0.1, -0.05) is 68.8 Å². The molecular weight excluding hydrogens is 509 g/mol. The minimum absolute atomic E-state index is 0.243. The number of fused-ring (bicyclic) bond motifs is 1. The maximum atomic E-state index is 13.7. The summed E-state index contributed by atoms with van der Waals surface area (Å²) in [5.41, 5.74) is 7.46. The van der Waals surface area contributed by atoms with Crippen LogP contribution in [-0.4, -0.2) is 7.11 Å². The number of aryl methyl sites for hydroxylation is 2. The maximum Gasteiger partial charge on any atom is 0.323 e. The van der Waals surface area contributed by atoms with Crippen molar-refractivity contribution < 1.29 is 13.5 Å². The predicted molar refractivity (Wildman–Crippen MR) is 162 cm³/mol. The Labute approximate surface area is 229 Å². The molecule has 1 N–H and O–H groups in total. The van der Waals surface area contributed by atoms with Gasteiger partial charge in [0.1, 0.15) is 11.3 Å². The minimum Gasteiger partial charge on any atom is -0.456 e. The first-order chi connectivity index (χ1) is 18.0. The summed E-state index contributed by atoms with van der Waals surface area (Å²) in [4.78, 5) is 1.08. The highest BCUT2D eigenvalue weighted by atomic mass is 32.1. The Kier molecular flexibility index (Phi) is 7.13. The second-order valence-electron chi connectivity index (χ2n) is 11.1. The topological polar surface area (TPSA) is 51.5 Å². The third-order valence-corrected chi connectivity index (χ3v) is 9.75. The fourth-order valence-corrected chi connectivity index (χ4v) is 7.42. The number of hydrogen-bond donors (Lipinski definition) is 1. The molecule has 0 aliphatic heterocycles. The van der Waals surface area contributed by atoms with Crippen LogP contribution in [0.25, 0.3) is 32.7 Å². The number of benzene rings is 3. The van der Waals surface area contributed by atoms with Crippen molar-refractivity contribution in [3.63, 3.8) is 0 Å². The van der Waals surface area contributed by atoms with Crippen LogP contribution in [0.15, 0.2) is 82.6 Å². The van der Waals surface area contributed by atoms with Gasteiger partial charge in [0.15, 0.2) is 0 Å². The first kappa shape index (κ1) is 26.5. The van der Waals surface area contributed by atoms with Crippen molar-refractivity contribution in [3.05, 3.63) is 94.9 Å². The first-order valence-corrected chi connectivity index (χ1v) is 15.3. The van der Waals surface area contributed by atoms with Gasteiger partial charge >= 0.3 is 7.52 Å². The summed E-state index contributed by atoms with van der Waals surface area (Å²) in [6.07, 6.45) is 1.03. The molecule has 6 heteroatoms. The first-order valence-electron chi connectivity index (χ1n) is 12.8. The largest absolute Gasteiger partial charge is 0.456 e. The summed E-state index contributed by atoms with van der Waals surface area (Å²) in [6, 6.07) is 24.9. The van der Waals surface area contributed by atoms with Gasteiger partial charge in [-0.15, -0.1) is 11.3 Å². The van der Waals surface area contributed by atoms with E-state index in [4.69, 9.17) is 8.94 Å². The van der Waals surface area contributed by atoms with Gasteiger partial charge < -0.3 is 14.0 Å². The van der Waals surface area contributed by atoms with Crippen LogP contribution in [0, 0.1) is 19.3 Å². The average molecular weight is 544 g/mol. The average Bonchev–Trinajstić information content (AvgIpc) is 3.50. The summed E-state index contributed by atoms with van der Waals surface area (Å²) >= 11 is 1.60. The normalized spacial score (nSPS) is 13.5. The van der Waals surface area contributed by atoms with Gasteiger partial charge in [-0.05, 0) is 72.7 Å². The lowest BCUT2D eigenvalue weighted by Crippen LogP contribution is -2.16. The van der Waals surface area contributed by atoms with E-state index < -0.39 is 7.52 Å². The van der Waals surface area contributed by atoms with Gasteiger partial charge in [-0.3, -0.25) is 4.57 Å². The van der Waals surface area contributed by atoms with E-state index in [2.05, 4.69) is 74.4 Å². The number of anilines is 1. The lowest BCUT2D eigenvalue weighted by molar-refractivity contribution is 0.407. The number of thiophene rings is 1. The molecule has 38 heavy (non-hydrogen) atoms. The molecule has 2 heterocycles. The van der Waals surface area contributed by atoms with Gasteiger partial charge in [-0.25, -0.2) is 0 Å². The van der Waals surface area contributed by atoms with Gasteiger partial charge in [0, 0.05) is 28.3 Å². The van der Waals surface area contributed by atoms with Crippen LogP contribution < -0.4 is 10.4 Å². The molecule has 0 saturated heterocycles. The summed E-state index contributed by atoms with van der Waals surface area (Å²) in [5.74, 6) is 0.863. The van der Waals surface area contributed by atoms with E-state index in [0.717, 1.165) is 56.0 Å². The molecule has 0 aliphatic rings. The van der Waals surface area contributed by atoms with E-state index in [-0.39, 0.29) is 5.41 Å². The van der Waals surface area contributed by atoms with E-state index in [1.165, 1.54) is 12.7 Å². The van der Waals surface area contributed by atoms with Crippen LogP contribution in [-0.2, 0) is 15.5 Å². The van der Waals surface area contributed by atoms with Crippen molar-refractivity contribution in [1.82, 2.24) is 0 Å². The quantitative estimate of drug-likeness (QED) is 0.208. The fraction of sp³-hybridized carbons (Fsp3) is 0.250. The zero-order chi connectivity index (χ0) is 27.1. The zero-order valence-electron chi connectivity index (χ0n) is 22.8. The van der Waals surface area contributed by atoms with Crippen LogP contribution >= 0.6 is 18.9 Å². The number of hydrogen-bond acceptors (Lipinski definition) is 4. The van der Waals surface area contributed by atoms with Gasteiger partial charge in [0.25, 0.3) is 0 Å². The van der Waals surface area contributed by atoms with E-state index in [1.54, 1.807) is 11.3 Å². The zero-order valence-corrected chi connectivity index (χ0v) is 24.5. The molecule has 0 aliphatic carbocycles. The van der Waals surface area contributed by atoms with Crippen LogP contribution in [0.3, 0.4) is 0 Å². The van der Waals surface area contributed by atoms with Crippen LogP contribution in [0.2, 0.25) is 0 Å². The highest BCUT2D eigenvalue weighted by Gasteiger charge is 2.27. The Balaban J connectivity index is 1.35. The van der Waals surface area contributed by atoms with Gasteiger partial charge in [0.05, 0.1) is 11.0 Å². The van der Waals surface area contributed by atoms with Gasteiger partial charge in [-0.2, -0.15) is 0 Å². The molecular formula is C32H34NO3PS. The molecule has 4 nitrogen and oxygen atoms in total. The van der Waals surface area contributed by atoms with Crippen LogP contribution in [0.4, 0.5) is 5.69 Å². The molecule has 0 bridgehead atoms. The van der Waals surface area contributed by atoms with Crippen molar-refractivity contribution in [1.29, 1.82) is 0 Å². The summed E-state index contributed by atoms with van der Waals surface area (Å²) < 4.78 is 25.3. The Morgan fingerprint density at radius 1 is 0.921 bits per heavy atom. The number of furan rings is 1. The Morgan fingerprint density at radius 3 is 2.34 bits per heavy atom. The lowest BCUT2D eigenvalue weighted by Gasteiger charge is -2.20. The molecule has 0 radical (unpaired) electrons. The Morgan fingerprint density at radius 2 is 1.66 bits per heavy atom. The maximum absolute atomic E-state index is 13.7. The van der Waals surface area contributed by atoms with Crippen molar-refractivity contribution in [2.45, 2.75) is 41.0 Å². The Hall–Kier alpha value is -3.11. The SMILES string of the molecule is COP(=O)(Nc1csc(-c2ccc(-c3cc4cc(CC(C)(C)C)ccc4o3)cc2)c1)c1ccc(C)cc1C. The second kappa shape index (κ2) is 10.2. The Bertz CT molecular complexity index is 1640. The van der Waals surface area contributed by atoms with Crippen LogP contribution in [0.5, 0.6) is 0 Å².